The second kappa shape index (κ2) is 9.24. The van der Waals surface area contributed by atoms with Crippen LogP contribution in [0.15, 0.2) is 146 Å². The van der Waals surface area contributed by atoms with Crippen molar-refractivity contribution in [1.82, 2.24) is 0 Å². The van der Waals surface area contributed by atoms with E-state index in [1.54, 1.807) is 0 Å². The molecule has 10 aromatic rings. The van der Waals surface area contributed by atoms with Crippen LogP contribution < -0.4 is 0 Å². The van der Waals surface area contributed by atoms with Crippen molar-refractivity contribution in [2.75, 3.05) is 0 Å². The van der Waals surface area contributed by atoms with Crippen LogP contribution in [0.25, 0.3) is 95.3 Å². The van der Waals surface area contributed by atoms with E-state index in [0.717, 1.165) is 0 Å². The second-order valence-corrected chi connectivity index (χ2v) is 13.8. The lowest BCUT2D eigenvalue weighted by Crippen LogP contribution is -1.86. The van der Waals surface area contributed by atoms with E-state index in [0.29, 0.717) is 0 Å². The molecule has 2 heterocycles. The van der Waals surface area contributed by atoms with Gasteiger partial charge in [0.05, 0.1) is 0 Å². The first-order chi connectivity index (χ1) is 21.8. The molecule has 8 aromatic carbocycles. The maximum Gasteiger partial charge on any atom is 0.0434 e. The predicted octanol–water partition coefficient (Wildman–Crippen LogP) is 13.2. The molecule has 0 radical (unpaired) electrons. The zero-order chi connectivity index (χ0) is 28.8. The summed E-state index contributed by atoms with van der Waals surface area (Å²) in [5, 5.41) is 10.8. The van der Waals surface area contributed by atoms with Crippen LogP contribution in [0.2, 0.25) is 0 Å². The Bertz CT molecular complexity index is 2690. The van der Waals surface area contributed by atoms with Gasteiger partial charge in [-0.1, -0.05) is 103 Å². The third-order valence-electron chi connectivity index (χ3n) is 9.22. The predicted molar refractivity (Wildman–Crippen MR) is 195 cm³/mol. The minimum Gasteiger partial charge on any atom is -0.135 e. The first-order valence-electron chi connectivity index (χ1n) is 15.0. The normalized spacial score (nSPS) is 12.1. The van der Waals surface area contributed by atoms with E-state index in [4.69, 9.17) is 0 Å². The Morgan fingerprint density at radius 2 is 0.909 bits per heavy atom. The van der Waals surface area contributed by atoms with E-state index in [2.05, 4.69) is 146 Å². The minimum atomic E-state index is 1.24. The minimum absolute atomic E-state index is 1.24. The summed E-state index contributed by atoms with van der Waals surface area (Å²) in [6.07, 6.45) is 0. The van der Waals surface area contributed by atoms with Crippen molar-refractivity contribution >= 4 is 84.6 Å². The van der Waals surface area contributed by atoms with Crippen LogP contribution in [0.3, 0.4) is 0 Å². The van der Waals surface area contributed by atoms with Gasteiger partial charge in [0.2, 0.25) is 0 Å². The highest BCUT2D eigenvalue weighted by atomic mass is 32.1. The van der Waals surface area contributed by atoms with Crippen LogP contribution >= 0.6 is 22.7 Å². The van der Waals surface area contributed by atoms with Crippen LogP contribution in [-0.4, -0.2) is 0 Å². The molecule has 0 saturated carbocycles. The average Bonchev–Trinajstić information content (AvgIpc) is 3.66. The summed E-state index contributed by atoms with van der Waals surface area (Å²) in [5.41, 5.74) is 7.57. The van der Waals surface area contributed by atoms with Gasteiger partial charge in [0.1, 0.15) is 0 Å². The molecule has 0 bridgehead atoms. The number of benzene rings is 8. The molecule has 0 spiro atoms. The number of fused-ring (bicyclic) bond motifs is 6. The Morgan fingerprint density at radius 1 is 0.295 bits per heavy atom. The average molecular weight is 593 g/mol. The quantitative estimate of drug-likeness (QED) is 0.179. The summed E-state index contributed by atoms with van der Waals surface area (Å²) in [6.45, 7) is 0. The first-order valence-corrected chi connectivity index (χ1v) is 16.6. The van der Waals surface area contributed by atoms with E-state index >= 15 is 0 Å². The maximum atomic E-state index is 2.45. The van der Waals surface area contributed by atoms with Gasteiger partial charge in [0.15, 0.2) is 0 Å². The van der Waals surface area contributed by atoms with Crippen molar-refractivity contribution < 1.29 is 0 Å². The van der Waals surface area contributed by atoms with Gasteiger partial charge in [-0.05, 0) is 91.8 Å². The van der Waals surface area contributed by atoms with Gasteiger partial charge < -0.3 is 0 Å². The van der Waals surface area contributed by atoms with E-state index < -0.39 is 0 Å². The van der Waals surface area contributed by atoms with E-state index in [-0.39, 0.29) is 0 Å². The Labute approximate surface area is 262 Å². The van der Waals surface area contributed by atoms with Crippen molar-refractivity contribution in [2.45, 2.75) is 0 Å². The number of thiophene rings is 2. The highest BCUT2D eigenvalue weighted by Crippen LogP contribution is 2.48. The lowest BCUT2D eigenvalue weighted by molar-refractivity contribution is 1.64. The Morgan fingerprint density at radius 3 is 1.64 bits per heavy atom. The molecule has 0 aliphatic rings. The van der Waals surface area contributed by atoms with Gasteiger partial charge in [-0.25, -0.2) is 0 Å². The molecule has 0 atom stereocenters. The lowest BCUT2D eigenvalue weighted by Gasteiger charge is -2.13. The van der Waals surface area contributed by atoms with Gasteiger partial charge in [0, 0.05) is 45.9 Å². The van der Waals surface area contributed by atoms with E-state index in [1.807, 2.05) is 22.7 Å². The molecule has 204 valence electrons. The molecule has 0 unspecified atom stereocenters. The smallest absolute Gasteiger partial charge is 0.0434 e. The molecular formula is C42H24S2. The number of hydrogen-bond donors (Lipinski definition) is 0. The standard InChI is InChI=1S/C42H24S2/c1-3-9-25(10-4-1)27-18-20-37-35(21-27)36-24-29(26-11-5-2-6-12-26)23-33(42(36)44-37)28-17-19-30-31-13-7-15-38-40(31)41-32(34(30)22-28)14-8-16-39(41)43-38/h1-24H. The lowest BCUT2D eigenvalue weighted by atomic mass is 9.90. The fraction of sp³-hybridized carbons (Fsp3) is 0. The van der Waals surface area contributed by atoms with E-state index in [9.17, 15) is 0 Å². The molecule has 44 heavy (non-hydrogen) atoms. The summed E-state index contributed by atoms with van der Waals surface area (Å²) >= 11 is 3.82. The fourth-order valence-electron chi connectivity index (χ4n) is 7.19. The summed E-state index contributed by atoms with van der Waals surface area (Å²) < 4.78 is 5.41. The van der Waals surface area contributed by atoms with Gasteiger partial charge >= 0.3 is 0 Å². The summed E-state index contributed by atoms with van der Waals surface area (Å²) in [5.74, 6) is 0. The van der Waals surface area contributed by atoms with Gasteiger partial charge in [-0.2, -0.15) is 0 Å². The van der Waals surface area contributed by atoms with Crippen molar-refractivity contribution in [3.8, 4) is 33.4 Å². The zero-order valence-corrected chi connectivity index (χ0v) is 25.3. The molecule has 10 rings (SSSR count). The monoisotopic (exact) mass is 592 g/mol. The molecule has 2 heteroatoms. The topological polar surface area (TPSA) is 0 Å². The van der Waals surface area contributed by atoms with Crippen molar-refractivity contribution in [2.24, 2.45) is 0 Å². The molecule has 0 saturated heterocycles. The van der Waals surface area contributed by atoms with Crippen LogP contribution in [0.5, 0.6) is 0 Å². The molecule has 0 fully saturated rings. The third-order valence-corrected chi connectivity index (χ3v) is 11.6. The molecular weight excluding hydrogens is 569 g/mol. The highest BCUT2D eigenvalue weighted by Gasteiger charge is 2.18. The molecule has 0 N–H and O–H groups in total. The van der Waals surface area contributed by atoms with Gasteiger partial charge in [0.25, 0.3) is 0 Å². The van der Waals surface area contributed by atoms with Crippen molar-refractivity contribution in [3.05, 3.63) is 146 Å². The van der Waals surface area contributed by atoms with Gasteiger partial charge in [-0.3, -0.25) is 0 Å². The van der Waals surface area contributed by atoms with Crippen LogP contribution in [0.4, 0.5) is 0 Å². The molecule has 2 aromatic heterocycles. The Hall–Kier alpha value is -5.02. The molecule has 0 nitrogen and oxygen atoms in total. The second-order valence-electron chi connectivity index (χ2n) is 11.7. The Kier molecular flexibility index (Phi) is 5.13. The van der Waals surface area contributed by atoms with Gasteiger partial charge in [-0.15, -0.1) is 22.7 Å². The van der Waals surface area contributed by atoms with Crippen molar-refractivity contribution in [3.63, 3.8) is 0 Å². The fourth-order valence-corrected chi connectivity index (χ4v) is 9.54. The zero-order valence-electron chi connectivity index (χ0n) is 23.7. The molecule has 0 aliphatic carbocycles. The largest absolute Gasteiger partial charge is 0.135 e. The number of rotatable bonds is 3. The van der Waals surface area contributed by atoms with Crippen LogP contribution in [-0.2, 0) is 0 Å². The molecule has 0 aliphatic heterocycles. The third kappa shape index (κ3) is 3.50. The summed E-state index contributed by atoms with van der Waals surface area (Å²) in [4.78, 5) is 0. The maximum absolute atomic E-state index is 2.45. The summed E-state index contributed by atoms with van der Waals surface area (Å²) in [7, 11) is 0. The number of hydrogen-bond acceptors (Lipinski definition) is 2. The summed E-state index contributed by atoms with van der Waals surface area (Å²) in [6, 6.07) is 54.0. The van der Waals surface area contributed by atoms with Crippen molar-refractivity contribution in [1.29, 1.82) is 0 Å². The Balaban J connectivity index is 1.29. The first kappa shape index (κ1) is 24.4. The molecule has 0 amide bonds. The highest BCUT2D eigenvalue weighted by molar-refractivity contribution is 7.26. The van der Waals surface area contributed by atoms with Crippen LogP contribution in [0, 0.1) is 0 Å². The SMILES string of the molecule is c1ccc(-c2ccc3sc4c(-c5ccc6c(c5)c5cccc7sc8cccc6c8c75)cc(-c5ccccc5)cc4c3c2)cc1. The van der Waals surface area contributed by atoms with E-state index in [1.165, 1.54) is 95.3 Å². The van der Waals surface area contributed by atoms with Crippen LogP contribution in [0.1, 0.15) is 0 Å².